The van der Waals surface area contributed by atoms with Crippen LogP contribution >= 0.6 is 11.3 Å². The quantitative estimate of drug-likeness (QED) is 0.364. The van der Waals surface area contributed by atoms with E-state index in [-0.39, 0.29) is 18.6 Å². The highest BCUT2D eigenvalue weighted by atomic mass is 32.1. The van der Waals surface area contributed by atoms with E-state index < -0.39 is 5.97 Å². The van der Waals surface area contributed by atoms with E-state index in [9.17, 15) is 9.59 Å². The molecule has 0 bridgehead atoms. The summed E-state index contributed by atoms with van der Waals surface area (Å²) >= 11 is 1.11. The van der Waals surface area contributed by atoms with Crippen molar-refractivity contribution in [2.45, 2.75) is 40.0 Å². The van der Waals surface area contributed by atoms with Crippen molar-refractivity contribution in [2.24, 2.45) is 0 Å². The summed E-state index contributed by atoms with van der Waals surface area (Å²) in [6, 6.07) is 17.7. The summed E-state index contributed by atoms with van der Waals surface area (Å²) in [4.78, 5) is 29.5. The maximum absolute atomic E-state index is 12.7. The summed E-state index contributed by atoms with van der Waals surface area (Å²) in [7, 11) is 0. The van der Waals surface area contributed by atoms with Gasteiger partial charge in [-0.1, -0.05) is 47.7 Å². The van der Waals surface area contributed by atoms with Crippen molar-refractivity contribution in [1.29, 1.82) is 0 Å². The van der Waals surface area contributed by atoms with E-state index in [0.717, 1.165) is 33.6 Å². The molecule has 4 aromatic rings. The van der Waals surface area contributed by atoms with Crippen LogP contribution in [0.25, 0.3) is 10.9 Å². The second-order valence-corrected chi connectivity index (χ2v) is 8.84. The van der Waals surface area contributed by atoms with Crippen molar-refractivity contribution in [3.8, 4) is 5.75 Å². The third-order valence-corrected chi connectivity index (χ3v) is 5.95. The molecule has 0 fully saturated rings. The molecule has 1 amide bonds. The molecule has 0 radical (unpaired) electrons. The average molecular weight is 464 g/mol. The lowest BCUT2D eigenvalue weighted by Crippen LogP contribution is -2.18. The summed E-state index contributed by atoms with van der Waals surface area (Å²) in [5.74, 6) is 0.0972. The predicted molar refractivity (Wildman–Crippen MR) is 129 cm³/mol. The first-order valence-electron chi connectivity index (χ1n) is 10.6. The molecule has 1 N–H and O–H groups in total. The van der Waals surface area contributed by atoms with Crippen molar-refractivity contribution in [2.75, 3.05) is 5.32 Å². The highest BCUT2D eigenvalue weighted by molar-refractivity contribution is 7.17. The van der Waals surface area contributed by atoms with Crippen molar-refractivity contribution in [3.05, 3.63) is 76.9 Å². The van der Waals surface area contributed by atoms with Gasteiger partial charge in [-0.05, 0) is 44.5 Å². The number of carbonyl (C=O) groups is 2. The Bertz CT molecular complexity index is 1280. The van der Waals surface area contributed by atoms with Crippen molar-refractivity contribution in [3.63, 3.8) is 0 Å². The smallest absolute Gasteiger partial charge is 0.350 e. The third-order valence-electron chi connectivity index (χ3n) is 4.90. The van der Waals surface area contributed by atoms with E-state index in [1.807, 2.05) is 65.4 Å². The van der Waals surface area contributed by atoms with Gasteiger partial charge in [0.05, 0.1) is 17.3 Å². The number of amides is 1. The van der Waals surface area contributed by atoms with Gasteiger partial charge in [-0.3, -0.25) is 4.79 Å². The number of aryl methyl sites for hydroxylation is 1. The van der Waals surface area contributed by atoms with E-state index in [1.54, 1.807) is 20.8 Å². The molecule has 2 aromatic heterocycles. The lowest BCUT2D eigenvalue weighted by Gasteiger charge is -2.09. The summed E-state index contributed by atoms with van der Waals surface area (Å²) in [5, 5.41) is 4.09. The molecule has 2 aromatic carbocycles. The number of esters is 1. The van der Waals surface area contributed by atoms with E-state index >= 15 is 0 Å². The molecule has 170 valence electrons. The van der Waals surface area contributed by atoms with E-state index in [1.165, 1.54) is 0 Å². The van der Waals surface area contributed by atoms with E-state index in [4.69, 9.17) is 9.47 Å². The van der Waals surface area contributed by atoms with Crippen molar-refractivity contribution in [1.82, 2.24) is 9.55 Å². The summed E-state index contributed by atoms with van der Waals surface area (Å²) in [5.41, 5.74) is 2.52. The van der Waals surface area contributed by atoms with Gasteiger partial charge in [0.1, 0.15) is 23.8 Å². The Balaban J connectivity index is 1.44. The summed E-state index contributed by atoms with van der Waals surface area (Å²) in [6.45, 7) is 5.87. The topological polar surface area (TPSA) is 82.5 Å². The highest BCUT2D eigenvalue weighted by Gasteiger charge is 2.19. The first kappa shape index (κ1) is 22.5. The Morgan fingerprint density at radius 1 is 1.09 bits per heavy atom. The normalized spacial score (nSPS) is 11.0. The number of rotatable bonds is 8. The fraction of sp³-hybridized carbons (Fsp3) is 0.240. The van der Waals surface area contributed by atoms with Crippen LogP contribution in [-0.2, 0) is 22.7 Å². The molecule has 0 saturated carbocycles. The molecule has 0 spiro atoms. The number of benzene rings is 2. The Kier molecular flexibility index (Phi) is 6.74. The van der Waals surface area contributed by atoms with Gasteiger partial charge in [-0.2, -0.15) is 0 Å². The Labute approximate surface area is 196 Å². The van der Waals surface area contributed by atoms with Gasteiger partial charge >= 0.3 is 5.97 Å². The lowest BCUT2D eigenvalue weighted by atomic mass is 10.2. The standard InChI is InChI=1S/C25H25N3O4S/c1-16(2)32-24(30)23-17(3)26-25(33-23)27-22(29)14-28-13-12-19-20(28)10-7-11-21(19)31-15-18-8-5-4-6-9-18/h4-13,16H,14-15H2,1-3H3,(H,26,27,29). The zero-order chi connectivity index (χ0) is 23.4. The average Bonchev–Trinajstić information content (AvgIpc) is 3.36. The molecule has 0 aliphatic rings. The van der Waals surface area contributed by atoms with Crippen LogP contribution < -0.4 is 10.1 Å². The van der Waals surface area contributed by atoms with Crippen molar-refractivity contribution >= 4 is 39.2 Å². The fourth-order valence-corrected chi connectivity index (χ4v) is 4.28. The number of fused-ring (bicyclic) bond motifs is 1. The number of hydrogen-bond acceptors (Lipinski definition) is 6. The van der Waals surface area contributed by atoms with Crippen LogP contribution in [0, 0.1) is 6.92 Å². The zero-order valence-electron chi connectivity index (χ0n) is 18.7. The minimum atomic E-state index is -0.431. The third kappa shape index (κ3) is 5.40. The molecular weight excluding hydrogens is 438 g/mol. The number of carbonyl (C=O) groups excluding carboxylic acids is 2. The molecule has 2 heterocycles. The molecule has 0 saturated heterocycles. The molecule has 0 aliphatic heterocycles. The zero-order valence-corrected chi connectivity index (χ0v) is 19.5. The van der Waals surface area contributed by atoms with Gasteiger partial charge in [-0.25, -0.2) is 9.78 Å². The Hall–Kier alpha value is -3.65. The van der Waals surface area contributed by atoms with Crippen molar-refractivity contribution < 1.29 is 19.1 Å². The number of hydrogen-bond donors (Lipinski definition) is 1. The van der Waals surface area contributed by atoms with Crippen LogP contribution in [0.2, 0.25) is 0 Å². The minimum absolute atomic E-state index is 0.107. The monoisotopic (exact) mass is 463 g/mol. The van der Waals surface area contributed by atoms with E-state index in [2.05, 4.69) is 10.3 Å². The number of ether oxygens (including phenoxy) is 2. The summed E-state index contributed by atoms with van der Waals surface area (Å²) < 4.78 is 13.1. The van der Waals surface area contributed by atoms with Gasteiger partial charge in [0.2, 0.25) is 5.91 Å². The number of thiazole rings is 1. The van der Waals surface area contributed by atoms with Gasteiger partial charge in [0, 0.05) is 11.6 Å². The molecule has 0 aliphatic carbocycles. The fourth-order valence-electron chi connectivity index (χ4n) is 3.41. The van der Waals surface area contributed by atoms with Crippen LogP contribution in [0.3, 0.4) is 0 Å². The van der Waals surface area contributed by atoms with Crippen LogP contribution in [-0.4, -0.2) is 27.5 Å². The maximum Gasteiger partial charge on any atom is 0.350 e. The Morgan fingerprint density at radius 3 is 2.64 bits per heavy atom. The predicted octanol–water partition coefficient (Wildman–Crippen LogP) is 5.19. The highest BCUT2D eigenvalue weighted by Crippen LogP contribution is 2.28. The number of nitrogens with one attached hydrogen (secondary N) is 1. The maximum atomic E-state index is 12.7. The summed E-state index contributed by atoms with van der Waals surface area (Å²) in [6.07, 6.45) is 1.64. The molecule has 0 unspecified atom stereocenters. The van der Waals surface area contributed by atoms with Gasteiger partial charge in [0.15, 0.2) is 5.13 Å². The van der Waals surface area contributed by atoms with Gasteiger partial charge in [0.25, 0.3) is 0 Å². The molecule has 33 heavy (non-hydrogen) atoms. The first-order chi connectivity index (χ1) is 15.9. The minimum Gasteiger partial charge on any atom is -0.488 e. The van der Waals surface area contributed by atoms with Crippen LogP contribution in [0.1, 0.15) is 34.8 Å². The van der Waals surface area contributed by atoms with Crippen LogP contribution in [0.5, 0.6) is 5.75 Å². The Morgan fingerprint density at radius 2 is 1.88 bits per heavy atom. The molecule has 8 heteroatoms. The molecule has 0 atom stereocenters. The SMILES string of the molecule is Cc1nc(NC(=O)Cn2ccc3c(OCc4ccccc4)cccc32)sc1C(=O)OC(C)C. The molecular formula is C25H25N3O4S. The van der Waals surface area contributed by atoms with E-state index in [0.29, 0.717) is 22.3 Å². The van der Waals surface area contributed by atoms with Gasteiger partial charge < -0.3 is 19.4 Å². The van der Waals surface area contributed by atoms with Crippen LogP contribution in [0.15, 0.2) is 60.8 Å². The molecule has 7 nitrogen and oxygen atoms in total. The second-order valence-electron chi connectivity index (χ2n) is 7.84. The lowest BCUT2D eigenvalue weighted by molar-refractivity contribution is -0.116. The second kappa shape index (κ2) is 9.87. The first-order valence-corrected chi connectivity index (χ1v) is 11.4. The van der Waals surface area contributed by atoms with Gasteiger partial charge in [-0.15, -0.1) is 0 Å². The number of aromatic nitrogens is 2. The van der Waals surface area contributed by atoms with Crippen LogP contribution in [0.4, 0.5) is 5.13 Å². The largest absolute Gasteiger partial charge is 0.488 e. The number of nitrogens with zero attached hydrogens (tertiary/aromatic N) is 2. The number of anilines is 1. The molecule has 4 rings (SSSR count).